The number of benzene rings is 2. The number of hydrogen-bond donors (Lipinski definition) is 2. The first-order valence-corrected chi connectivity index (χ1v) is 9.73. The summed E-state index contributed by atoms with van der Waals surface area (Å²) in [5.74, 6) is 2.23. The Morgan fingerprint density at radius 1 is 1.07 bits per heavy atom. The van der Waals surface area contributed by atoms with Crippen molar-refractivity contribution < 1.29 is 9.47 Å². The Labute approximate surface area is 170 Å². The van der Waals surface area contributed by atoms with Crippen LogP contribution in [0.3, 0.4) is 0 Å². The minimum absolute atomic E-state index is 0.654. The highest BCUT2D eigenvalue weighted by Gasteiger charge is 2.11. The van der Waals surface area contributed by atoms with Gasteiger partial charge in [-0.1, -0.05) is 24.3 Å². The summed E-state index contributed by atoms with van der Waals surface area (Å²) in [7, 11) is 1.76. The van der Waals surface area contributed by atoms with Gasteiger partial charge < -0.3 is 20.1 Å². The van der Waals surface area contributed by atoms with Gasteiger partial charge in [-0.2, -0.15) is 5.10 Å². The number of ether oxygens (including phenoxy) is 2. The second-order valence-corrected chi connectivity index (χ2v) is 6.74. The van der Waals surface area contributed by atoms with E-state index in [-0.39, 0.29) is 0 Å². The highest BCUT2D eigenvalue weighted by molar-refractivity contribution is 5.93. The van der Waals surface area contributed by atoms with Crippen LogP contribution in [-0.2, 0) is 13.1 Å². The van der Waals surface area contributed by atoms with Crippen LogP contribution in [0.15, 0.2) is 65.9 Å². The zero-order valence-corrected chi connectivity index (χ0v) is 16.5. The number of nitrogens with one attached hydrogen (secondary N) is 2. The van der Waals surface area contributed by atoms with E-state index >= 15 is 0 Å². The third kappa shape index (κ3) is 4.87. The van der Waals surface area contributed by atoms with Gasteiger partial charge in [0, 0.05) is 44.2 Å². The molecule has 150 valence electrons. The van der Waals surface area contributed by atoms with Crippen LogP contribution in [0.4, 0.5) is 5.69 Å². The largest absolute Gasteiger partial charge is 0.490 e. The van der Waals surface area contributed by atoms with E-state index in [1.807, 2.05) is 47.3 Å². The maximum atomic E-state index is 5.77. The summed E-state index contributed by atoms with van der Waals surface area (Å²) >= 11 is 0. The second-order valence-electron chi connectivity index (χ2n) is 6.74. The van der Waals surface area contributed by atoms with Crippen LogP contribution in [0.2, 0.25) is 0 Å². The number of anilines is 1. The SMILES string of the molecule is CN=C(NCc1ccccc1Cn1cccn1)Nc1ccc2c(c1)OCCCO2. The highest BCUT2D eigenvalue weighted by Crippen LogP contribution is 2.32. The maximum Gasteiger partial charge on any atom is 0.195 e. The molecule has 0 unspecified atom stereocenters. The van der Waals surface area contributed by atoms with Crippen molar-refractivity contribution in [1.82, 2.24) is 15.1 Å². The Kier molecular flexibility index (Phi) is 5.95. The molecule has 0 bridgehead atoms. The van der Waals surface area contributed by atoms with Crippen LogP contribution in [0.5, 0.6) is 11.5 Å². The van der Waals surface area contributed by atoms with E-state index in [9.17, 15) is 0 Å². The van der Waals surface area contributed by atoms with E-state index in [0.717, 1.165) is 30.2 Å². The molecule has 7 nitrogen and oxygen atoms in total. The van der Waals surface area contributed by atoms with Gasteiger partial charge in [0.25, 0.3) is 0 Å². The molecule has 2 aromatic carbocycles. The predicted octanol–water partition coefficient (Wildman–Crippen LogP) is 3.28. The van der Waals surface area contributed by atoms with Crippen LogP contribution in [-0.4, -0.2) is 36.0 Å². The molecule has 7 heteroatoms. The fourth-order valence-electron chi connectivity index (χ4n) is 3.19. The molecule has 1 aromatic heterocycles. The lowest BCUT2D eigenvalue weighted by Crippen LogP contribution is -2.30. The number of nitrogens with zero attached hydrogens (tertiary/aromatic N) is 3. The third-order valence-electron chi connectivity index (χ3n) is 4.69. The Morgan fingerprint density at radius 2 is 1.90 bits per heavy atom. The van der Waals surface area contributed by atoms with Gasteiger partial charge in [0.1, 0.15) is 0 Å². The number of aliphatic imine (C=N–C) groups is 1. The molecule has 0 amide bonds. The van der Waals surface area contributed by atoms with Crippen molar-refractivity contribution in [2.75, 3.05) is 25.6 Å². The van der Waals surface area contributed by atoms with Crippen molar-refractivity contribution >= 4 is 11.6 Å². The van der Waals surface area contributed by atoms with Gasteiger partial charge >= 0.3 is 0 Å². The van der Waals surface area contributed by atoms with Crippen molar-refractivity contribution in [2.24, 2.45) is 4.99 Å². The minimum atomic E-state index is 0.654. The topological polar surface area (TPSA) is 72.7 Å². The van der Waals surface area contributed by atoms with Gasteiger partial charge in [-0.25, -0.2) is 0 Å². The molecule has 0 atom stereocenters. The van der Waals surface area contributed by atoms with Gasteiger partial charge in [0.2, 0.25) is 0 Å². The first kappa shape index (κ1) is 18.9. The monoisotopic (exact) mass is 391 g/mol. The Balaban J connectivity index is 1.41. The average molecular weight is 391 g/mol. The lowest BCUT2D eigenvalue weighted by atomic mass is 10.1. The highest BCUT2D eigenvalue weighted by atomic mass is 16.5. The molecule has 0 aliphatic carbocycles. The molecule has 0 spiro atoms. The van der Waals surface area contributed by atoms with E-state index < -0.39 is 0 Å². The molecule has 0 saturated carbocycles. The first-order chi connectivity index (χ1) is 14.3. The fourth-order valence-corrected chi connectivity index (χ4v) is 3.19. The van der Waals surface area contributed by atoms with E-state index in [1.54, 1.807) is 13.2 Å². The van der Waals surface area contributed by atoms with Crippen LogP contribution < -0.4 is 20.1 Å². The van der Waals surface area contributed by atoms with Gasteiger partial charge in [0.05, 0.1) is 19.8 Å². The second kappa shape index (κ2) is 9.14. The summed E-state index contributed by atoms with van der Waals surface area (Å²) in [5.41, 5.74) is 3.31. The summed E-state index contributed by atoms with van der Waals surface area (Å²) in [4.78, 5) is 4.34. The molecule has 0 radical (unpaired) electrons. The van der Waals surface area contributed by atoms with E-state index in [0.29, 0.717) is 25.7 Å². The summed E-state index contributed by atoms with van der Waals surface area (Å²) in [6.45, 7) is 2.73. The number of aromatic nitrogens is 2. The van der Waals surface area contributed by atoms with Crippen molar-refractivity contribution in [3.63, 3.8) is 0 Å². The molecular formula is C22H25N5O2. The van der Waals surface area contributed by atoms with Crippen LogP contribution in [0.25, 0.3) is 0 Å². The molecule has 2 heterocycles. The quantitative estimate of drug-likeness (QED) is 0.516. The normalized spacial score (nSPS) is 13.6. The number of rotatable bonds is 5. The third-order valence-corrected chi connectivity index (χ3v) is 4.69. The van der Waals surface area contributed by atoms with Crippen LogP contribution in [0, 0.1) is 0 Å². The number of hydrogen-bond acceptors (Lipinski definition) is 4. The Morgan fingerprint density at radius 3 is 2.69 bits per heavy atom. The molecule has 3 aromatic rings. The minimum Gasteiger partial charge on any atom is -0.490 e. The van der Waals surface area contributed by atoms with E-state index in [2.05, 4.69) is 32.9 Å². The molecule has 0 saturated heterocycles. The zero-order valence-electron chi connectivity index (χ0n) is 16.5. The lowest BCUT2D eigenvalue weighted by molar-refractivity contribution is 0.297. The van der Waals surface area contributed by atoms with E-state index in [1.165, 1.54) is 11.1 Å². The fraction of sp³-hybridized carbons (Fsp3) is 0.273. The number of guanidine groups is 1. The van der Waals surface area contributed by atoms with Crippen LogP contribution >= 0.6 is 0 Å². The summed E-state index contributed by atoms with van der Waals surface area (Å²) < 4.78 is 13.4. The molecule has 2 N–H and O–H groups in total. The van der Waals surface area contributed by atoms with Crippen molar-refractivity contribution in [2.45, 2.75) is 19.5 Å². The average Bonchev–Trinajstić information content (AvgIpc) is 3.15. The molecular weight excluding hydrogens is 366 g/mol. The predicted molar refractivity (Wildman–Crippen MR) is 114 cm³/mol. The van der Waals surface area contributed by atoms with Gasteiger partial charge in [0.15, 0.2) is 17.5 Å². The standard InChI is InChI=1S/C22H25N5O2/c1-23-22(26-19-8-9-20-21(14-19)29-13-5-12-28-20)24-15-17-6-2-3-7-18(17)16-27-11-4-10-25-27/h2-4,6-11,14H,5,12-13,15-16H2,1H3,(H2,23,24,26). The van der Waals surface area contributed by atoms with Crippen molar-refractivity contribution in [3.05, 3.63) is 72.1 Å². The van der Waals surface area contributed by atoms with Gasteiger partial charge in [-0.05, 0) is 29.3 Å². The van der Waals surface area contributed by atoms with Gasteiger partial charge in [-0.3, -0.25) is 9.67 Å². The Bertz CT molecular complexity index is 969. The lowest BCUT2D eigenvalue weighted by Gasteiger charge is -2.15. The maximum absolute atomic E-state index is 5.77. The molecule has 4 rings (SSSR count). The summed E-state index contributed by atoms with van der Waals surface area (Å²) in [5, 5.41) is 11.0. The Hall–Kier alpha value is -3.48. The zero-order chi connectivity index (χ0) is 19.9. The summed E-state index contributed by atoms with van der Waals surface area (Å²) in [6, 6.07) is 16.1. The smallest absolute Gasteiger partial charge is 0.195 e. The molecule has 0 fully saturated rings. The van der Waals surface area contributed by atoms with E-state index in [4.69, 9.17) is 9.47 Å². The number of fused-ring (bicyclic) bond motifs is 1. The first-order valence-electron chi connectivity index (χ1n) is 9.73. The van der Waals surface area contributed by atoms with Crippen LogP contribution in [0.1, 0.15) is 17.5 Å². The summed E-state index contributed by atoms with van der Waals surface area (Å²) in [6.07, 6.45) is 4.65. The molecule has 29 heavy (non-hydrogen) atoms. The van der Waals surface area contributed by atoms with Crippen molar-refractivity contribution in [3.8, 4) is 11.5 Å². The van der Waals surface area contributed by atoms with Crippen molar-refractivity contribution in [1.29, 1.82) is 0 Å². The van der Waals surface area contributed by atoms with Gasteiger partial charge in [-0.15, -0.1) is 0 Å². The molecule has 1 aliphatic rings. The molecule has 1 aliphatic heterocycles.